The van der Waals surface area contributed by atoms with Crippen molar-refractivity contribution in [1.82, 2.24) is 9.55 Å². The van der Waals surface area contributed by atoms with E-state index in [0.29, 0.717) is 11.9 Å². The van der Waals surface area contributed by atoms with Crippen LogP contribution in [0.15, 0.2) is 22.7 Å². The molecule has 1 aliphatic rings. The third kappa shape index (κ3) is 2.00. The Kier molecular flexibility index (Phi) is 3.14. The first-order valence-electron chi connectivity index (χ1n) is 6.02. The first-order valence-corrected chi connectivity index (χ1v) is 7.34. The largest absolute Gasteiger partial charge is 0.325 e. The Labute approximate surface area is 114 Å². The molecule has 0 N–H and O–H groups in total. The summed E-state index contributed by atoms with van der Waals surface area (Å²) in [6.07, 6.45) is 4.73. The molecule has 1 aliphatic carbocycles. The highest BCUT2D eigenvalue weighted by Gasteiger charge is 2.24. The molecule has 2 nitrogen and oxygen atoms in total. The summed E-state index contributed by atoms with van der Waals surface area (Å²) in [6, 6.07) is 6.92. The van der Waals surface area contributed by atoms with Crippen LogP contribution in [0.4, 0.5) is 0 Å². The number of aromatic nitrogens is 2. The lowest BCUT2D eigenvalue weighted by atomic mass is 9.92. The van der Waals surface area contributed by atoms with Crippen molar-refractivity contribution in [1.29, 1.82) is 0 Å². The summed E-state index contributed by atoms with van der Waals surface area (Å²) in [5.41, 5.74) is 2.32. The summed E-state index contributed by atoms with van der Waals surface area (Å²) in [5, 5.41) is 0. The van der Waals surface area contributed by atoms with Gasteiger partial charge in [-0.1, -0.05) is 15.9 Å². The van der Waals surface area contributed by atoms with Gasteiger partial charge in [0, 0.05) is 22.8 Å². The summed E-state index contributed by atoms with van der Waals surface area (Å²) in [4.78, 5) is 4.70. The fraction of sp³-hybridized carbons (Fsp3) is 0.462. The van der Waals surface area contributed by atoms with E-state index in [1.807, 2.05) is 6.07 Å². The topological polar surface area (TPSA) is 17.8 Å². The van der Waals surface area contributed by atoms with Crippen molar-refractivity contribution < 1.29 is 0 Å². The molecule has 1 fully saturated rings. The van der Waals surface area contributed by atoms with Crippen LogP contribution in [0.5, 0.6) is 0 Å². The second-order valence-electron chi connectivity index (χ2n) is 4.55. The second-order valence-corrected chi connectivity index (χ2v) is 5.85. The second kappa shape index (κ2) is 4.62. The monoisotopic (exact) mass is 312 g/mol. The molecule has 1 aromatic carbocycles. The lowest BCUT2D eigenvalue weighted by Gasteiger charge is -2.29. The maximum atomic E-state index is 5.87. The molecule has 0 unspecified atom stereocenters. The zero-order chi connectivity index (χ0) is 11.8. The molecular weight excluding hydrogens is 300 g/mol. The number of alkyl halides is 1. The van der Waals surface area contributed by atoms with Gasteiger partial charge in [-0.25, -0.2) is 4.98 Å². The average molecular weight is 314 g/mol. The van der Waals surface area contributed by atoms with E-state index in [9.17, 15) is 0 Å². The number of benzene rings is 1. The van der Waals surface area contributed by atoms with Crippen LogP contribution < -0.4 is 0 Å². The van der Waals surface area contributed by atoms with Crippen LogP contribution >= 0.6 is 27.5 Å². The van der Waals surface area contributed by atoms with E-state index >= 15 is 0 Å². The molecule has 1 saturated carbocycles. The molecule has 2 aromatic rings. The molecule has 0 spiro atoms. The van der Waals surface area contributed by atoms with Gasteiger partial charge in [-0.2, -0.15) is 0 Å². The summed E-state index contributed by atoms with van der Waals surface area (Å²) >= 11 is 9.41. The Morgan fingerprint density at radius 1 is 1.41 bits per heavy atom. The number of hydrogen-bond donors (Lipinski definition) is 0. The summed E-state index contributed by atoms with van der Waals surface area (Å²) in [5.74, 6) is 1.77. The van der Waals surface area contributed by atoms with Gasteiger partial charge in [-0.05, 0) is 37.5 Å². The van der Waals surface area contributed by atoms with Crippen LogP contribution in [-0.2, 0) is 6.42 Å². The van der Waals surface area contributed by atoms with Gasteiger partial charge in [0.15, 0.2) is 0 Å². The fourth-order valence-corrected chi connectivity index (χ4v) is 2.95. The average Bonchev–Trinajstić information content (AvgIpc) is 2.56. The van der Waals surface area contributed by atoms with Crippen LogP contribution in [0.3, 0.4) is 0 Å². The molecule has 4 heteroatoms. The predicted molar refractivity (Wildman–Crippen MR) is 74.7 cm³/mol. The molecule has 0 aliphatic heterocycles. The molecule has 1 aromatic heterocycles. The van der Waals surface area contributed by atoms with E-state index in [1.54, 1.807) is 0 Å². The van der Waals surface area contributed by atoms with E-state index in [2.05, 4.69) is 32.6 Å². The number of nitrogens with zero attached hydrogens (tertiary/aromatic N) is 2. The minimum atomic E-state index is 0.632. The van der Waals surface area contributed by atoms with Crippen LogP contribution in [-0.4, -0.2) is 15.4 Å². The van der Waals surface area contributed by atoms with Crippen LogP contribution in [0, 0.1) is 0 Å². The van der Waals surface area contributed by atoms with E-state index < -0.39 is 0 Å². The van der Waals surface area contributed by atoms with E-state index in [1.165, 1.54) is 24.8 Å². The Morgan fingerprint density at radius 3 is 2.88 bits per heavy atom. The Balaban J connectivity index is 2.17. The molecule has 0 atom stereocenters. The molecule has 1 heterocycles. The van der Waals surface area contributed by atoms with E-state index in [4.69, 9.17) is 16.6 Å². The standard InChI is InChI=1S/C13H14BrClN2/c14-9-4-5-11-12(8-9)17(10-2-1-3-10)13(16-11)6-7-15/h4-5,8,10H,1-3,6-7H2. The van der Waals surface area contributed by atoms with E-state index in [0.717, 1.165) is 22.2 Å². The number of hydrogen-bond acceptors (Lipinski definition) is 1. The van der Waals surface area contributed by atoms with Crippen molar-refractivity contribution >= 4 is 38.6 Å². The van der Waals surface area contributed by atoms with Crippen molar-refractivity contribution in [2.45, 2.75) is 31.7 Å². The van der Waals surface area contributed by atoms with Crippen molar-refractivity contribution in [3.05, 3.63) is 28.5 Å². The molecule has 3 rings (SSSR count). The van der Waals surface area contributed by atoms with Gasteiger partial charge in [0.2, 0.25) is 0 Å². The quantitative estimate of drug-likeness (QED) is 0.772. The van der Waals surface area contributed by atoms with Crippen molar-refractivity contribution in [3.8, 4) is 0 Å². The van der Waals surface area contributed by atoms with Crippen LogP contribution in [0.1, 0.15) is 31.1 Å². The lowest BCUT2D eigenvalue weighted by molar-refractivity contribution is 0.314. The van der Waals surface area contributed by atoms with E-state index in [-0.39, 0.29) is 0 Å². The van der Waals surface area contributed by atoms with Crippen molar-refractivity contribution in [2.24, 2.45) is 0 Å². The first-order chi connectivity index (χ1) is 8.29. The summed E-state index contributed by atoms with van der Waals surface area (Å²) in [6.45, 7) is 0. The first kappa shape index (κ1) is 11.5. The molecule has 0 radical (unpaired) electrons. The maximum absolute atomic E-state index is 5.87. The summed E-state index contributed by atoms with van der Waals surface area (Å²) in [7, 11) is 0. The molecule has 90 valence electrons. The third-order valence-corrected chi connectivity index (χ3v) is 4.16. The Bertz CT molecular complexity index is 546. The SMILES string of the molecule is ClCCc1nc2ccc(Br)cc2n1C1CCC1. The van der Waals surface area contributed by atoms with Gasteiger partial charge in [-0.3, -0.25) is 0 Å². The zero-order valence-corrected chi connectivity index (χ0v) is 11.8. The van der Waals surface area contributed by atoms with Gasteiger partial charge in [-0.15, -0.1) is 11.6 Å². The fourth-order valence-electron chi connectivity index (χ4n) is 2.43. The number of fused-ring (bicyclic) bond motifs is 1. The predicted octanol–water partition coefficient (Wildman–Crippen LogP) is 4.31. The zero-order valence-electron chi connectivity index (χ0n) is 9.50. The van der Waals surface area contributed by atoms with Gasteiger partial charge >= 0.3 is 0 Å². The van der Waals surface area contributed by atoms with Gasteiger partial charge in [0.1, 0.15) is 5.82 Å². The van der Waals surface area contributed by atoms with Crippen molar-refractivity contribution in [3.63, 3.8) is 0 Å². The van der Waals surface area contributed by atoms with Crippen molar-refractivity contribution in [2.75, 3.05) is 5.88 Å². The maximum Gasteiger partial charge on any atom is 0.111 e. The minimum Gasteiger partial charge on any atom is -0.325 e. The minimum absolute atomic E-state index is 0.632. The van der Waals surface area contributed by atoms with Gasteiger partial charge in [0.25, 0.3) is 0 Å². The van der Waals surface area contributed by atoms with Crippen LogP contribution in [0.25, 0.3) is 11.0 Å². The third-order valence-electron chi connectivity index (χ3n) is 3.48. The van der Waals surface area contributed by atoms with Gasteiger partial charge < -0.3 is 4.57 Å². The highest BCUT2D eigenvalue weighted by Crippen LogP contribution is 2.36. The Hall–Kier alpha value is -0.540. The highest BCUT2D eigenvalue weighted by molar-refractivity contribution is 9.10. The molecular formula is C13H14BrClN2. The smallest absolute Gasteiger partial charge is 0.111 e. The Morgan fingerprint density at radius 2 is 2.24 bits per heavy atom. The molecule has 0 amide bonds. The number of imidazole rings is 1. The normalized spacial score (nSPS) is 16.4. The highest BCUT2D eigenvalue weighted by atomic mass is 79.9. The number of aryl methyl sites for hydroxylation is 1. The lowest BCUT2D eigenvalue weighted by Crippen LogP contribution is -2.19. The summed E-state index contributed by atoms with van der Waals surface area (Å²) < 4.78 is 3.51. The number of halogens is 2. The number of rotatable bonds is 3. The van der Waals surface area contributed by atoms with Crippen LogP contribution in [0.2, 0.25) is 0 Å². The molecule has 17 heavy (non-hydrogen) atoms. The molecule has 0 bridgehead atoms. The van der Waals surface area contributed by atoms with Gasteiger partial charge in [0.05, 0.1) is 11.0 Å². The molecule has 0 saturated heterocycles.